The van der Waals surface area contributed by atoms with Gasteiger partial charge in [0, 0.05) is 19.4 Å². The second-order valence-corrected chi connectivity index (χ2v) is 1.92. The molecule has 0 aromatic heterocycles. The maximum Gasteiger partial charge on any atom is 0.332 e. The molecule has 0 aromatic carbocycles. The molecule has 3 nitrogen and oxygen atoms in total. The average Bonchev–Trinajstić information content (AvgIpc) is 1.87. The van der Waals surface area contributed by atoms with Crippen LogP contribution in [0.25, 0.3) is 0 Å². The van der Waals surface area contributed by atoms with E-state index in [1.165, 1.54) is 0 Å². The van der Waals surface area contributed by atoms with Crippen LogP contribution in [0, 0.1) is 6.92 Å². The van der Waals surface area contributed by atoms with Crippen LogP contribution in [-0.2, 0) is 9.53 Å². The molecule has 1 N–H and O–H groups in total. The summed E-state index contributed by atoms with van der Waals surface area (Å²) in [5, 5.41) is 9.02. The minimum Gasteiger partial charge on any atom is -0.430 e. The van der Waals surface area contributed by atoms with E-state index in [0.29, 0.717) is 0 Å². The number of hydrogen-bond acceptors (Lipinski definition) is 3. The highest BCUT2D eigenvalue weighted by Crippen LogP contribution is 2.09. The van der Waals surface area contributed by atoms with E-state index in [0.717, 1.165) is 6.08 Å². The third kappa shape index (κ3) is 3.25. The Hall–Kier alpha value is -0.830. The normalized spacial score (nSPS) is 15.5. The summed E-state index contributed by atoms with van der Waals surface area (Å²) in [5.41, 5.74) is 0. The number of hydrogen-bond donors (Lipinski definition) is 1. The zero-order valence-corrected chi connectivity index (χ0v) is 5.96. The highest BCUT2D eigenvalue weighted by atomic mass is 16.7. The smallest absolute Gasteiger partial charge is 0.332 e. The summed E-state index contributed by atoms with van der Waals surface area (Å²) in [7, 11) is 0. The molecule has 0 spiro atoms. The Morgan fingerprint density at radius 1 is 1.90 bits per heavy atom. The molecule has 0 bridgehead atoms. The first-order chi connectivity index (χ1) is 4.52. The number of aliphatic hydroxyl groups is 1. The third-order valence-electron chi connectivity index (χ3n) is 1.01. The summed E-state index contributed by atoms with van der Waals surface area (Å²) < 4.78 is 4.42. The van der Waals surface area contributed by atoms with Gasteiger partial charge in [-0.15, -0.1) is 0 Å². The fourth-order valence-corrected chi connectivity index (χ4v) is 0.301. The van der Waals surface area contributed by atoms with Gasteiger partial charge >= 0.3 is 5.97 Å². The van der Waals surface area contributed by atoms with Crippen molar-refractivity contribution in [2.75, 3.05) is 0 Å². The molecule has 1 unspecified atom stereocenters. The van der Waals surface area contributed by atoms with Gasteiger partial charge in [0.2, 0.25) is 5.79 Å². The van der Waals surface area contributed by atoms with Crippen molar-refractivity contribution in [3.8, 4) is 0 Å². The molecule has 0 saturated heterocycles. The number of ether oxygens (including phenoxy) is 1. The van der Waals surface area contributed by atoms with Gasteiger partial charge in [0.1, 0.15) is 0 Å². The van der Waals surface area contributed by atoms with Gasteiger partial charge in [0.05, 0.1) is 0 Å². The van der Waals surface area contributed by atoms with Crippen LogP contribution in [-0.4, -0.2) is 16.9 Å². The number of carbonyl (C=O) groups is 1. The zero-order chi connectivity index (χ0) is 8.20. The van der Waals surface area contributed by atoms with Gasteiger partial charge < -0.3 is 9.84 Å². The van der Waals surface area contributed by atoms with Crippen molar-refractivity contribution in [2.24, 2.45) is 0 Å². The van der Waals surface area contributed by atoms with Crippen LogP contribution >= 0.6 is 0 Å². The van der Waals surface area contributed by atoms with E-state index in [-0.39, 0.29) is 6.42 Å². The Morgan fingerprint density at radius 3 is 2.70 bits per heavy atom. The molecule has 0 saturated carbocycles. The molecule has 1 radical (unpaired) electrons. The van der Waals surface area contributed by atoms with E-state index in [2.05, 4.69) is 18.2 Å². The van der Waals surface area contributed by atoms with Crippen LogP contribution in [0.15, 0.2) is 12.7 Å². The Kier molecular flexibility index (Phi) is 3.09. The minimum atomic E-state index is -1.61. The fraction of sp³-hybridized carbons (Fsp3) is 0.429. The Bertz CT molecular complexity index is 138. The van der Waals surface area contributed by atoms with Crippen LogP contribution in [0.4, 0.5) is 0 Å². The molecule has 10 heavy (non-hydrogen) atoms. The molecule has 57 valence electrons. The lowest BCUT2D eigenvalue weighted by molar-refractivity contribution is -0.186. The van der Waals surface area contributed by atoms with Crippen LogP contribution in [0.1, 0.15) is 13.3 Å². The van der Waals surface area contributed by atoms with Crippen LogP contribution in [0.5, 0.6) is 0 Å². The lowest BCUT2D eigenvalue weighted by atomic mass is 10.2. The predicted octanol–water partition coefficient (Wildman–Crippen LogP) is 0.648. The molecular weight excluding hydrogens is 132 g/mol. The Morgan fingerprint density at radius 2 is 2.40 bits per heavy atom. The maximum atomic E-state index is 10.4. The molecular formula is C7H11O3. The second-order valence-electron chi connectivity index (χ2n) is 1.92. The lowest BCUT2D eigenvalue weighted by Gasteiger charge is -2.19. The molecule has 0 aliphatic rings. The Labute approximate surface area is 60.3 Å². The zero-order valence-electron chi connectivity index (χ0n) is 5.96. The van der Waals surface area contributed by atoms with E-state index >= 15 is 0 Å². The summed E-state index contributed by atoms with van der Waals surface area (Å²) in [6.45, 7) is 8.06. The molecule has 0 aliphatic carbocycles. The lowest BCUT2D eigenvalue weighted by Crippen LogP contribution is -2.29. The third-order valence-corrected chi connectivity index (χ3v) is 1.01. The van der Waals surface area contributed by atoms with Gasteiger partial charge in [0.25, 0.3) is 0 Å². The highest BCUT2D eigenvalue weighted by Gasteiger charge is 2.20. The van der Waals surface area contributed by atoms with E-state index in [1.807, 2.05) is 0 Å². The first-order valence-electron chi connectivity index (χ1n) is 2.95. The summed E-state index contributed by atoms with van der Waals surface area (Å²) in [6, 6.07) is 0. The molecule has 0 heterocycles. The maximum absolute atomic E-state index is 10.4. The van der Waals surface area contributed by atoms with E-state index in [4.69, 9.17) is 5.11 Å². The van der Waals surface area contributed by atoms with Gasteiger partial charge in [-0.2, -0.15) is 0 Å². The average molecular weight is 143 g/mol. The standard InChI is InChI=1S/C7H11O3/c1-4-6(8)10-7(3,9)5-2/h4,9H,1,3,5H2,2H3. The van der Waals surface area contributed by atoms with Crippen LogP contribution in [0.3, 0.4) is 0 Å². The van der Waals surface area contributed by atoms with E-state index in [1.54, 1.807) is 6.92 Å². The Balaban J connectivity index is 3.87. The topological polar surface area (TPSA) is 46.5 Å². The molecule has 0 aromatic rings. The predicted molar refractivity (Wildman–Crippen MR) is 36.9 cm³/mol. The van der Waals surface area contributed by atoms with Crippen LogP contribution in [0.2, 0.25) is 0 Å². The number of carbonyl (C=O) groups excluding carboxylic acids is 1. The fourth-order valence-electron chi connectivity index (χ4n) is 0.301. The highest BCUT2D eigenvalue weighted by molar-refractivity contribution is 5.81. The molecule has 1 atom stereocenters. The monoisotopic (exact) mass is 143 g/mol. The summed E-state index contributed by atoms with van der Waals surface area (Å²) >= 11 is 0. The largest absolute Gasteiger partial charge is 0.430 e. The summed E-state index contributed by atoms with van der Waals surface area (Å²) in [6.07, 6.45) is 1.23. The van der Waals surface area contributed by atoms with Gasteiger partial charge in [-0.05, 0) is 0 Å². The van der Waals surface area contributed by atoms with Gasteiger partial charge in [0.15, 0.2) is 0 Å². The van der Waals surface area contributed by atoms with Crippen molar-refractivity contribution < 1.29 is 14.6 Å². The molecule has 3 heteroatoms. The molecule has 0 fully saturated rings. The van der Waals surface area contributed by atoms with Crippen molar-refractivity contribution in [2.45, 2.75) is 19.1 Å². The molecule has 0 aliphatic heterocycles. The van der Waals surface area contributed by atoms with Crippen molar-refractivity contribution >= 4 is 5.97 Å². The minimum absolute atomic E-state index is 0.257. The summed E-state index contributed by atoms with van der Waals surface area (Å²) in [4.78, 5) is 10.4. The van der Waals surface area contributed by atoms with Gasteiger partial charge in [-0.25, -0.2) is 4.79 Å². The second kappa shape index (κ2) is 3.37. The molecule has 0 amide bonds. The van der Waals surface area contributed by atoms with Crippen LogP contribution < -0.4 is 0 Å². The van der Waals surface area contributed by atoms with E-state index < -0.39 is 11.8 Å². The first-order valence-corrected chi connectivity index (χ1v) is 2.95. The molecule has 0 rings (SSSR count). The van der Waals surface area contributed by atoms with Gasteiger partial charge in [-0.3, -0.25) is 0 Å². The number of rotatable bonds is 3. The quantitative estimate of drug-likeness (QED) is 0.358. The number of esters is 1. The van der Waals surface area contributed by atoms with E-state index in [9.17, 15) is 4.79 Å². The van der Waals surface area contributed by atoms with Gasteiger partial charge in [-0.1, -0.05) is 13.5 Å². The SMILES string of the molecule is [CH2]C(O)(CC)OC(=O)C=C. The van der Waals surface area contributed by atoms with Crippen molar-refractivity contribution in [3.05, 3.63) is 19.6 Å². The first kappa shape index (κ1) is 9.17. The summed E-state index contributed by atoms with van der Waals surface area (Å²) in [5.74, 6) is -2.27. The van der Waals surface area contributed by atoms with Crippen molar-refractivity contribution in [1.29, 1.82) is 0 Å². The van der Waals surface area contributed by atoms with Crippen molar-refractivity contribution in [1.82, 2.24) is 0 Å². The van der Waals surface area contributed by atoms with Crippen molar-refractivity contribution in [3.63, 3.8) is 0 Å².